The molecule has 0 saturated heterocycles. The minimum absolute atomic E-state index is 0.260. The van der Waals surface area contributed by atoms with Gasteiger partial charge < -0.3 is 20.5 Å². The molecule has 0 fully saturated rings. The van der Waals surface area contributed by atoms with Gasteiger partial charge in [-0.15, -0.1) is 0 Å². The fourth-order valence-electron chi connectivity index (χ4n) is 2.22. The van der Waals surface area contributed by atoms with E-state index in [9.17, 15) is 4.79 Å². The van der Waals surface area contributed by atoms with E-state index in [0.29, 0.717) is 47.3 Å². The van der Waals surface area contributed by atoms with Crippen LogP contribution in [0, 0.1) is 6.92 Å². The maximum atomic E-state index is 12.3. The zero-order chi connectivity index (χ0) is 15.0. The third kappa shape index (κ3) is 2.49. The third-order valence-electron chi connectivity index (χ3n) is 3.22. The van der Waals surface area contributed by atoms with Crippen molar-refractivity contribution in [3.8, 4) is 11.5 Å². The number of benzene rings is 1. The molecule has 0 aliphatic carbocycles. The van der Waals surface area contributed by atoms with Gasteiger partial charge >= 0.3 is 0 Å². The van der Waals surface area contributed by atoms with Gasteiger partial charge in [-0.1, -0.05) is 0 Å². The standard InChI is InChI=1S/C14H16N4O3/c1-8-9(7-18(2)17-8)14(19)16-11-6-13-12(5-10(11)15)20-3-4-21-13/h5-7H,3-4,15H2,1-2H3,(H,16,19). The van der Waals surface area contributed by atoms with Crippen LogP contribution in [-0.4, -0.2) is 28.9 Å². The molecule has 0 spiro atoms. The molecule has 0 bridgehead atoms. The number of carbonyl (C=O) groups is 1. The van der Waals surface area contributed by atoms with E-state index in [1.807, 2.05) is 0 Å². The van der Waals surface area contributed by atoms with Crippen LogP contribution >= 0.6 is 0 Å². The largest absolute Gasteiger partial charge is 0.486 e. The topological polar surface area (TPSA) is 91.4 Å². The highest BCUT2D eigenvalue weighted by molar-refractivity contribution is 6.06. The van der Waals surface area contributed by atoms with Crippen molar-refractivity contribution < 1.29 is 14.3 Å². The molecule has 1 aliphatic rings. The maximum Gasteiger partial charge on any atom is 0.259 e. The van der Waals surface area contributed by atoms with Gasteiger partial charge in [-0.25, -0.2) is 0 Å². The molecular weight excluding hydrogens is 272 g/mol. The number of hydrogen-bond acceptors (Lipinski definition) is 5. The molecule has 3 N–H and O–H groups in total. The molecule has 0 unspecified atom stereocenters. The Morgan fingerprint density at radius 3 is 2.62 bits per heavy atom. The number of ether oxygens (including phenoxy) is 2. The highest BCUT2D eigenvalue weighted by Crippen LogP contribution is 2.37. The van der Waals surface area contributed by atoms with Crippen LogP contribution in [0.2, 0.25) is 0 Å². The van der Waals surface area contributed by atoms with Crippen LogP contribution < -0.4 is 20.5 Å². The molecule has 1 aromatic carbocycles. The second-order valence-corrected chi connectivity index (χ2v) is 4.84. The smallest absolute Gasteiger partial charge is 0.259 e. The molecule has 1 aromatic heterocycles. The Kier molecular flexibility index (Phi) is 3.17. The Bertz CT molecular complexity index is 708. The first-order valence-electron chi connectivity index (χ1n) is 6.55. The van der Waals surface area contributed by atoms with E-state index in [2.05, 4.69) is 10.4 Å². The first kappa shape index (κ1) is 13.3. The molecule has 1 amide bonds. The van der Waals surface area contributed by atoms with Crippen molar-refractivity contribution in [3.05, 3.63) is 29.6 Å². The van der Waals surface area contributed by atoms with Gasteiger partial charge in [0, 0.05) is 25.4 Å². The average molecular weight is 288 g/mol. The number of nitrogens with two attached hydrogens (primary N) is 1. The molecule has 0 radical (unpaired) electrons. The van der Waals surface area contributed by atoms with E-state index >= 15 is 0 Å². The number of anilines is 2. The molecule has 7 nitrogen and oxygen atoms in total. The lowest BCUT2D eigenvalue weighted by Gasteiger charge is -2.20. The summed E-state index contributed by atoms with van der Waals surface area (Å²) in [4.78, 5) is 12.3. The summed E-state index contributed by atoms with van der Waals surface area (Å²) in [6, 6.07) is 3.33. The number of carbonyl (C=O) groups excluding carboxylic acids is 1. The summed E-state index contributed by atoms with van der Waals surface area (Å²) in [7, 11) is 1.77. The summed E-state index contributed by atoms with van der Waals surface area (Å²) in [5, 5.41) is 6.92. The van der Waals surface area contributed by atoms with Gasteiger partial charge in [-0.05, 0) is 6.92 Å². The summed E-state index contributed by atoms with van der Waals surface area (Å²) in [6.07, 6.45) is 1.67. The highest BCUT2D eigenvalue weighted by atomic mass is 16.6. The predicted octanol–water partition coefficient (Wildman–Crippen LogP) is 1.33. The lowest BCUT2D eigenvalue weighted by Crippen LogP contribution is -2.17. The van der Waals surface area contributed by atoms with Crippen molar-refractivity contribution in [2.75, 3.05) is 24.3 Å². The Balaban J connectivity index is 1.87. The number of aromatic nitrogens is 2. The minimum Gasteiger partial charge on any atom is -0.486 e. The lowest BCUT2D eigenvalue weighted by molar-refractivity contribution is 0.102. The molecule has 110 valence electrons. The van der Waals surface area contributed by atoms with Crippen LogP contribution in [0.3, 0.4) is 0 Å². The second kappa shape index (κ2) is 5.01. The average Bonchev–Trinajstić information content (AvgIpc) is 2.78. The molecule has 1 aliphatic heterocycles. The fraction of sp³-hybridized carbons (Fsp3) is 0.286. The number of fused-ring (bicyclic) bond motifs is 1. The molecule has 2 heterocycles. The summed E-state index contributed by atoms with van der Waals surface area (Å²) in [6.45, 7) is 2.75. The predicted molar refractivity (Wildman–Crippen MR) is 77.7 cm³/mol. The van der Waals surface area contributed by atoms with E-state index < -0.39 is 0 Å². The van der Waals surface area contributed by atoms with Crippen LogP contribution in [0.25, 0.3) is 0 Å². The summed E-state index contributed by atoms with van der Waals surface area (Å²) >= 11 is 0. The van der Waals surface area contributed by atoms with Gasteiger partial charge in [-0.3, -0.25) is 9.48 Å². The number of hydrogen-bond donors (Lipinski definition) is 2. The molecule has 0 saturated carbocycles. The third-order valence-corrected chi connectivity index (χ3v) is 3.22. The first-order valence-corrected chi connectivity index (χ1v) is 6.55. The Morgan fingerprint density at radius 2 is 2.00 bits per heavy atom. The summed E-state index contributed by atoms with van der Waals surface area (Å²) in [5.41, 5.74) is 8.03. The SMILES string of the molecule is Cc1nn(C)cc1C(=O)Nc1cc2c(cc1N)OCCO2. The van der Waals surface area contributed by atoms with Crippen molar-refractivity contribution in [1.82, 2.24) is 9.78 Å². The van der Waals surface area contributed by atoms with E-state index in [0.717, 1.165) is 0 Å². The van der Waals surface area contributed by atoms with E-state index in [4.69, 9.17) is 15.2 Å². The Morgan fingerprint density at radius 1 is 1.33 bits per heavy atom. The molecule has 7 heteroatoms. The van der Waals surface area contributed by atoms with E-state index in [1.165, 1.54) is 0 Å². The Labute approximate surface area is 121 Å². The zero-order valence-electron chi connectivity index (χ0n) is 11.8. The molecular formula is C14H16N4O3. The van der Waals surface area contributed by atoms with Gasteiger partial charge in [0.05, 0.1) is 22.6 Å². The second-order valence-electron chi connectivity index (χ2n) is 4.84. The zero-order valence-corrected chi connectivity index (χ0v) is 11.8. The lowest BCUT2D eigenvalue weighted by atomic mass is 10.2. The Hall–Kier alpha value is -2.70. The normalized spacial score (nSPS) is 13.0. The fourth-order valence-corrected chi connectivity index (χ4v) is 2.22. The van der Waals surface area contributed by atoms with Crippen LogP contribution in [-0.2, 0) is 7.05 Å². The van der Waals surface area contributed by atoms with Gasteiger partial charge in [0.25, 0.3) is 5.91 Å². The van der Waals surface area contributed by atoms with E-state index in [1.54, 1.807) is 37.0 Å². The van der Waals surface area contributed by atoms with Crippen molar-refractivity contribution in [2.45, 2.75) is 6.92 Å². The van der Waals surface area contributed by atoms with Crippen LogP contribution in [0.15, 0.2) is 18.3 Å². The van der Waals surface area contributed by atoms with E-state index in [-0.39, 0.29) is 5.91 Å². The number of aryl methyl sites for hydroxylation is 2. The number of nitrogens with one attached hydrogen (secondary N) is 1. The van der Waals surface area contributed by atoms with Gasteiger partial charge in [0.2, 0.25) is 0 Å². The molecule has 3 rings (SSSR count). The van der Waals surface area contributed by atoms with Crippen molar-refractivity contribution in [2.24, 2.45) is 7.05 Å². The number of rotatable bonds is 2. The van der Waals surface area contributed by atoms with Crippen LogP contribution in [0.4, 0.5) is 11.4 Å². The van der Waals surface area contributed by atoms with Gasteiger partial charge in [-0.2, -0.15) is 5.10 Å². The van der Waals surface area contributed by atoms with Gasteiger partial charge in [0.1, 0.15) is 13.2 Å². The molecule has 21 heavy (non-hydrogen) atoms. The summed E-state index contributed by atoms with van der Waals surface area (Å²) < 4.78 is 12.5. The van der Waals surface area contributed by atoms with Crippen LogP contribution in [0.5, 0.6) is 11.5 Å². The van der Waals surface area contributed by atoms with Crippen molar-refractivity contribution >= 4 is 17.3 Å². The van der Waals surface area contributed by atoms with Crippen molar-refractivity contribution in [3.63, 3.8) is 0 Å². The first-order chi connectivity index (χ1) is 10.0. The number of nitrogens with zero attached hydrogens (tertiary/aromatic N) is 2. The monoisotopic (exact) mass is 288 g/mol. The van der Waals surface area contributed by atoms with Gasteiger partial charge in [0.15, 0.2) is 11.5 Å². The van der Waals surface area contributed by atoms with Crippen LogP contribution in [0.1, 0.15) is 16.1 Å². The number of nitrogen functional groups attached to an aromatic ring is 1. The molecule has 2 aromatic rings. The highest BCUT2D eigenvalue weighted by Gasteiger charge is 2.18. The van der Waals surface area contributed by atoms with Crippen molar-refractivity contribution in [1.29, 1.82) is 0 Å². The number of amides is 1. The quantitative estimate of drug-likeness (QED) is 0.814. The molecule has 0 atom stereocenters. The summed E-state index contributed by atoms with van der Waals surface area (Å²) in [5.74, 6) is 0.909. The maximum absolute atomic E-state index is 12.3. The minimum atomic E-state index is -0.260.